The number of nitrogens with zero attached hydrogens (tertiary/aromatic N) is 3. The minimum Gasteiger partial charge on any atom is -0.443 e. The summed E-state index contributed by atoms with van der Waals surface area (Å²) >= 11 is 0. The van der Waals surface area contributed by atoms with Crippen LogP contribution in [0.15, 0.2) is 15.6 Å². The summed E-state index contributed by atoms with van der Waals surface area (Å²) in [5, 5.41) is 6.61. The van der Waals surface area contributed by atoms with Crippen molar-refractivity contribution >= 4 is 5.96 Å². The van der Waals surface area contributed by atoms with Crippen molar-refractivity contribution in [2.75, 3.05) is 20.1 Å². The lowest BCUT2D eigenvalue weighted by Gasteiger charge is -2.30. The van der Waals surface area contributed by atoms with Crippen LogP contribution in [0.4, 0.5) is 0 Å². The first-order valence-corrected chi connectivity index (χ1v) is 9.30. The fourth-order valence-corrected chi connectivity index (χ4v) is 2.70. The van der Waals surface area contributed by atoms with Gasteiger partial charge in [-0.2, -0.15) is 0 Å². The Morgan fingerprint density at radius 1 is 1.20 bits per heavy atom. The Labute approximate surface area is 153 Å². The molecular formula is C19H37N5O. The van der Waals surface area contributed by atoms with E-state index in [0.29, 0.717) is 24.5 Å². The van der Waals surface area contributed by atoms with Crippen LogP contribution in [0.25, 0.3) is 0 Å². The van der Waals surface area contributed by atoms with Gasteiger partial charge in [-0.1, -0.05) is 20.8 Å². The highest BCUT2D eigenvalue weighted by Crippen LogP contribution is 2.22. The predicted octanol–water partition coefficient (Wildman–Crippen LogP) is 3.15. The van der Waals surface area contributed by atoms with E-state index in [4.69, 9.17) is 4.42 Å². The SMILES string of the molecule is CN=C(NCCCN(C(C)C)C(C)C)NCc1ncc(C(C)(C)C)o1. The van der Waals surface area contributed by atoms with Crippen molar-refractivity contribution in [3.8, 4) is 0 Å². The Hall–Kier alpha value is -1.56. The third-order valence-electron chi connectivity index (χ3n) is 4.14. The van der Waals surface area contributed by atoms with Crippen LogP contribution in [0.3, 0.4) is 0 Å². The molecular weight excluding hydrogens is 314 g/mol. The maximum Gasteiger partial charge on any atom is 0.213 e. The molecule has 6 nitrogen and oxygen atoms in total. The fourth-order valence-electron chi connectivity index (χ4n) is 2.70. The van der Waals surface area contributed by atoms with Crippen LogP contribution >= 0.6 is 0 Å². The summed E-state index contributed by atoms with van der Waals surface area (Å²) < 4.78 is 5.79. The number of aliphatic imine (C=N–C) groups is 1. The molecule has 1 rings (SSSR count). The number of guanidine groups is 1. The van der Waals surface area contributed by atoms with Gasteiger partial charge in [-0.25, -0.2) is 4.98 Å². The summed E-state index contributed by atoms with van der Waals surface area (Å²) in [5.41, 5.74) is -0.0239. The molecule has 1 heterocycles. The Bertz CT molecular complexity index is 520. The standard InChI is InChI=1S/C19H37N5O/c1-14(2)24(15(3)4)11-9-10-21-18(20-8)23-13-17-22-12-16(25-17)19(5,6)7/h12,14-15H,9-11,13H2,1-8H3,(H2,20,21,23). The molecule has 0 amide bonds. The Morgan fingerprint density at radius 3 is 2.32 bits per heavy atom. The van der Waals surface area contributed by atoms with E-state index in [0.717, 1.165) is 31.2 Å². The highest BCUT2D eigenvalue weighted by atomic mass is 16.4. The van der Waals surface area contributed by atoms with E-state index in [1.165, 1.54) is 0 Å². The van der Waals surface area contributed by atoms with Crippen LogP contribution in [0.1, 0.15) is 66.5 Å². The van der Waals surface area contributed by atoms with Crippen molar-refractivity contribution in [2.24, 2.45) is 4.99 Å². The molecule has 0 spiro atoms. The molecule has 0 radical (unpaired) electrons. The molecule has 0 aromatic carbocycles. The van der Waals surface area contributed by atoms with Crippen LogP contribution < -0.4 is 10.6 Å². The lowest BCUT2D eigenvalue weighted by molar-refractivity contribution is 0.173. The summed E-state index contributed by atoms with van der Waals surface area (Å²) in [5.74, 6) is 2.35. The van der Waals surface area contributed by atoms with Crippen molar-refractivity contribution < 1.29 is 4.42 Å². The van der Waals surface area contributed by atoms with Gasteiger partial charge in [-0.05, 0) is 34.1 Å². The van der Waals surface area contributed by atoms with Crippen molar-refractivity contribution in [3.63, 3.8) is 0 Å². The lowest BCUT2D eigenvalue weighted by Crippen LogP contribution is -2.41. The van der Waals surface area contributed by atoms with Gasteiger partial charge < -0.3 is 15.1 Å². The maximum atomic E-state index is 5.79. The van der Waals surface area contributed by atoms with Gasteiger partial charge in [-0.3, -0.25) is 9.89 Å². The average Bonchev–Trinajstić information content (AvgIpc) is 2.98. The van der Waals surface area contributed by atoms with E-state index in [1.807, 2.05) is 0 Å². The first-order valence-electron chi connectivity index (χ1n) is 9.30. The molecule has 0 aliphatic heterocycles. The third kappa shape index (κ3) is 7.46. The van der Waals surface area contributed by atoms with Gasteiger partial charge in [0, 0.05) is 37.6 Å². The number of rotatable bonds is 8. The molecule has 0 aliphatic carbocycles. The van der Waals surface area contributed by atoms with Gasteiger partial charge in [0.15, 0.2) is 5.96 Å². The average molecular weight is 352 g/mol. The number of nitrogens with one attached hydrogen (secondary N) is 2. The first-order chi connectivity index (χ1) is 11.6. The molecule has 0 bridgehead atoms. The second-order valence-corrected chi connectivity index (χ2v) is 8.00. The Kier molecular flexibility index (Phi) is 8.42. The summed E-state index contributed by atoms with van der Waals surface area (Å²) in [6, 6.07) is 1.14. The van der Waals surface area contributed by atoms with Gasteiger partial charge in [-0.15, -0.1) is 0 Å². The summed E-state index contributed by atoms with van der Waals surface area (Å²) in [7, 11) is 1.78. The van der Waals surface area contributed by atoms with E-state index in [2.05, 4.69) is 74.0 Å². The third-order valence-corrected chi connectivity index (χ3v) is 4.14. The van der Waals surface area contributed by atoms with E-state index in [9.17, 15) is 0 Å². The minimum absolute atomic E-state index is 0.0239. The zero-order valence-electron chi connectivity index (χ0n) is 17.3. The van der Waals surface area contributed by atoms with Gasteiger partial charge >= 0.3 is 0 Å². The first kappa shape index (κ1) is 21.5. The van der Waals surface area contributed by atoms with Crippen LogP contribution in [-0.4, -0.2) is 48.1 Å². The second-order valence-electron chi connectivity index (χ2n) is 8.00. The minimum atomic E-state index is -0.0239. The Morgan fingerprint density at radius 2 is 1.84 bits per heavy atom. The van der Waals surface area contributed by atoms with Crippen molar-refractivity contribution in [2.45, 2.75) is 78.9 Å². The normalized spacial score (nSPS) is 13.2. The molecule has 6 heteroatoms. The zero-order valence-corrected chi connectivity index (χ0v) is 17.3. The van der Waals surface area contributed by atoms with Crippen LogP contribution in [0.2, 0.25) is 0 Å². The van der Waals surface area contributed by atoms with Crippen molar-refractivity contribution in [1.29, 1.82) is 0 Å². The largest absolute Gasteiger partial charge is 0.443 e. The van der Waals surface area contributed by atoms with Gasteiger partial charge in [0.1, 0.15) is 5.76 Å². The monoisotopic (exact) mass is 351 g/mol. The molecule has 25 heavy (non-hydrogen) atoms. The lowest BCUT2D eigenvalue weighted by atomic mass is 9.94. The van der Waals surface area contributed by atoms with Crippen molar-refractivity contribution in [1.82, 2.24) is 20.5 Å². The fraction of sp³-hybridized carbons (Fsp3) is 0.789. The van der Waals surface area contributed by atoms with Gasteiger partial charge in [0.2, 0.25) is 5.89 Å². The van der Waals surface area contributed by atoms with Crippen LogP contribution in [0.5, 0.6) is 0 Å². The van der Waals surface area contributed by atoms with Crippen molar-refractivity contribution in [3.05, 3.63) is 17.8 Å². The quantitative estimate of drug-likeness (QED) is 0.428. The summed E-state index contributed by atoms with van der Waals surface area (Å²) in [6.45, 7) is 17.8. The maximum absolute atomic E-state index is 5.79. The van der Waals surface area contributed by atoms with E-state index in [1.54, 1.807) is 13.2 Å². The smallest absolute Gasteiger partial charge is 0.213 e. The topological polar surface area (TPSA) is 65.7 Å². The molecule has 0 saturated heterocycles. The highest BCUT2D eigenvalue weighted by molar-refractivity contribution is 5.79. The van der Waals surface area contributed by atoms with Gasteiger partial charge in [0.05, 0.1) is 12.7 Å². The van der Waals surface area contributed by atoms with Crippen LogP contribution in [0, 0.1) is 0 Å². The molecule has 0 aliphatic rings. The second kappa shape index (κ2) is 9.80. The van der Waals surface area contributed by atoms with E-state index in [-0.39, 0.29) is 5.41 Å². The molecule has 144 valence electrons. The summed E-state index contributed by atoms with van der Waals surface area (Å²) in [4.78, 5) is 11.1. The van der Waals surface area contributed by atoms with Gasteiger partial charge in [0.25, 0.3) is 0 Å². The van der Waals surface area contributed by atoms with E-state index >= 15 is 0 Å². The number of aromatic nitrogens is 1. The number of oxazole rings is 1. The Balaban J connectivity index is 2.37. The molecule has 0 unspecified atom stereocenters. The van der Waals surface area contributed by atoms with Crippen LogP contribution in [-0.2, 0) is 12.0 Å². The molecule has 0 saturated carbocycles. The molecule has 0 atom stereocenters. The summed E-state index contributed by atoms with van der Waals surface area (Å²) in [6.07, 6.45) is 2.88. The predicted molar refractivity (Wildman–Crippen MR) is 105 cm³/mol. The molecule has 1 aromatic heterocycles. The highest BCUT2D eigenvalue weighted by Gasteiger charge is 2.19. The number of hydrogen-bond donors (Lipinski definition) is 2. The number of hydrogen-bond acceptors (Lipinski definition) is 4. The zero-order chi connectivity index (χ0) is 19.0. The molecule has 1 aromatic rings. The molecule has 0 fully saturated rings. The molecule has 2 N–H and O–H groups in total. The van der Waals surface area contributed by atoms with E-state index < -0.39 is 0 Å².